The molecular weight excluding hydrogens is 689 g/mol. The van der Waals surface area contributed by atoms with Gasteiger partial charge in [0, 0.05) is 104 Å². The molecule has 0 aliphatic carbocycles. The van der Waals surface area contributed by atoms with Gasteiger partial charge in [-0.2, -0.15) is 0 Å². The van der Waals surface area contributed by atoms with Crippen LogP contribution in [0.25, 0.3) is 33.6 Å². The summed E-state index contributed by atoms with van der Waals surface area (Å²) in [4.78, 5) is 47.4. The van der Waals surface area contributed by atoms with Crippen LogP contribution in [0.15, 0.2) is 60.8 Å². The van der Waals surface area contributed by atoms with Gasteiger partial charge in [-0.05, 0) is 42.7 Å². The topological polar surface area (TPSA) is 138 Å². The molecule has 13 heteroatoms. The number of carbonyl (C=O) groups excluding carboxylic acids is 3. The standard InChI is InChI=1S/C38H39Cl2N7O4/c1-51-37-23(18-42-20-26-8-12-33(49)45-26)6-10-31(46-37)30-4-2-3-28(34(30)39)29-13-14-43-36(35(29)40)22-5-9-27-24(17-22)21-47(38(27)50)16-15-41-19-25-7-11-32(48)44-25/h2-6,9-10,13-14,17,25-26,41-42H,7-8,11-12,15-16,18-21H2,1H3,(H,44,48)(H,45,49)/t25-,26-/m1/s1. The number of hydrogen-bond acceptors (Lipinski definition) is 8. The Kier molecular flexibility index (Phi) is 10.5. The molecule has 5 heterocycles. The number of amides is 3. The van der Waals surface area contributed by atoms with Crippen LogP contribution < -0.4 is 26.0 Å². The number of halogens is 2. The Morgan fingerprint density at radius 2 is 1.59 bits per heavy atom. The lowest BCUT2D eigenvalue weighted by atomic mass is 9.98. The largest absolute Gasteiger partial charge is 0.481 e. The highest BCUT2D eigenvalue weighted by Crippen LogP contribution is 2.42. The minimum Gasteiger partial charge on any atom is -0.481 e. The van der Waals surface area contributed by atoms with E-state index < -0.39 is 0 Å². The summed E-state index contributed by atoms with van der Waals surface area (Å²) in [5, 5.41) is 13.6. The van der Waals surface area contributed by atoms with Crippen molar-refractivity contribution < 1.29 is 19.1 Å². The van der Waals surface area contributed by atoms with Gasteiger partial charge in [-0.25, -0.2) is 4.98 Å². The molecule has 4 N–H and O–H groups in total. The van der Waals surface area contributed by atoms with Crippen molar-refractivity contribution in [3.8, 4) is 39.5 Å². The Morgan fingerprint density at radius 3 is 2.31 bits per heavy atom. The number of fused-ring (bicyclic) bond motifs is 1. The van der Waals surface area contributed by atoms with Gasteiger partial charge in [0.05, 0.1) is 28.5 Å². The molecule has 11 nitrogen and oxygen atoms in total. The molecule has 0 radical (unpaired) electrons. The number of pyridine rings is 2. The van der Waals surface area contributed by atoms with Crippen LogP contribution in [0.4, 0.5) is 0 Å². The number of aromatic nitrogens is 2. The first kappa shape index (κ1) is 34.9. The fourth-order valence-corrected chi connectivity index (χ4v) is 7.61. The number of benzene rings is 2. The van der Waals surface area contributed by atoms with Crippen molar-refractivity contribution in [2.24, 2.45) is 0 Å². The van der Waals surface area contributed by atoms with Gasteiger partial charge in [-0.3, -0.25) is 19.4 Å². The van der Waals surface area contributed by atoms with Gasteiger partial charge in [0.15, 0.2) is 0 Å². The van der Waals surface area contributed by atoms with E-state index in [2.05, 4.69) is 26.3 Å². The first-order chi connectivity index (χ1) is 24.8. The summed E-state index contributed by atoms with van der Waals surface area (Å²) in [6, 6.07) is 17.5. The van der Waals surface area contributed by atoms with Crippen LogP contribution in [-0.2, 0) is 22.7 Å². The number of nitrogens with one attached hydrogen (secondary N) is 4. The highest BCUT2D eigenvalue weighted by Gasteiger charge is 2.28. The zero-order valence-corrected chi connectivity index (χ0v) is 29.7. The summed E-state index contributed by atoms with van der Waals surface area (Å²) < 4.78 is 5.64. The first-order valence-electron chi connectivity index (χ1n) is 17.2. The molecule has 2 atom stereocenters. The third-order valence-corrected chi connectivity index (χ3v) is 10.5. The molecule has 0 bridgehead atoms. The van der Waals surface area contributed by atoms with E-state index in [9.17, 15) is 14.4 Å². The monoisotopic (exact) mass is 727 g/mol. The molecule has 2 aromatic carbocycles. The van der Waals surface area contributed by atoms with E-state index in [4.69, 9.17) is 32.9 Å². The Bertz CT molecular complexity index is 1990. The van der Waals surface area contributed by atoms with Gasteiger partial charge in [-0.15, -0.1) is 0 Å². The van der Waals surface area contributed by atoms with E-state index in [1.165, 1.54) is 0 Å². The summed E-state index contributed by atoms with van der Waals surface area (Å²) in [5.41, 5.74) is 6.75. The zero-order valence-electron chi connectivity index (χ0n) is 28.2. The minimum absolute atomic E-state index is 0.00229. The first-order valence-corrected chi connectivity index (χ1v) is 17.9. The van der Waals surface area contributed by atoms with Crippen molar-refractivity contribution in [2.45, 2.75) is 50.9 Å². The van der Waals surface area contributed by atoms with E-state index in [1.807, 2.05) is 59.5 Å². The summed E-state index contributed by atoms with van der Waals surface area (Å²) in [6.07, 6.45) is 4.51. The second-order valence-corrected chi connectivity index (χ2v) is 13.8. The molecule has 0 saturated carbocycles. The SMILES string of the molecule is COc1nc(-c2cccc(-c3ccnc(-c4ccc5c(c4)CN(CCNC[C@H]4CCC(=O)N4)C5=O)c3Cl)c2Cl)ccc1CNC[C@H]1CCC(=O)N1. The third kappa shape index (κ3) is 7.57. The maximum Gasteiger partial charge on any atom is 0.254 e. The molecule has 7 rings (SSSR count). The molecule has 3 amide bonds. The van der Waals surface area contributed by atoms with Crippen molar-refractivity contribution in [1.29, 1.82) is 0 Å². The van der Waals surface area contributed by atoms with Crippen molar-refractivity contribution in [2.75, 3.05) is 33.3 Å². The quantitative estimate of drug-likeness (QED) is 0.142. The molecule has 4 aromatic rings. The lowest BCUT2D eigenvalue weighted by Crippen LogP contribution is -2.39. The highest BCUT2D eigenvalue weighted by molar-refractivity contribution is 6.39. The summed E-state index contributed by atoms with van der Waals surface area (Å²) in [7, 11) is 1.59. The second kappa shape index (κ2) is 15.4. The van der Waals surface area contributed by atoms with Gasteiger partial charge in [-0.1, -0.05) is 53.5 Å². The van der Waals surface area contributed by atoms with Crippen LogP contribution in [0.3, 0.4) is 0 Å². The maximum absolute atomic E-state index is 13.2. The van der Waals surface area contributed by atoms with Crippen LogP contribution >= 0.6 is 23.2 Å². The predicted molar refractivity (Wildman–Crippen MR) is 197 cm³/mol. The average molecular weight is 729 g/mol. The van der Waals surface area contributed by atoms with Crippen LogP contribution in [0.2, 0.25) is 10.0 Å². The lowest BCUT2D eigenvalue weighted by molar-refractivity contribution is -0.120. The lowest BCUT2D eigenvalue weighted by Gasteiger charge is -2.17. The van der Waals surface area contributed by atoms with E-state index >= 15 is 0 Å². The Balaban J connectivity index is 1.05. The number of methoxy groups -OCH3 is 1. The normalized spacial score (nSPS) is 18.3. The number of hydrogen-bond donors (Lipinski definition) is 4. The zero-order chi connectivity index (χ0) is 35.5. The van der Waals surface area contributed by atoms with Crippen molar-refractivity contribution in [3.63, 3.8) is 0 Å². The smallest absolute Gasteiger partial charge is 0.254 e. The Labute approximate surface area is 306 Å². The molecule has 3 aliphatic rings. The molecule has 51 heavy (non-hydrogen) atoms. The van der Waals surface area contributed by atoms with E-state index in [0.717, 1.165) is 46.2 Å². The molecular formula is C38H39Cl2N7O4. The van der Waals surface area contributed by atoms with Gasteiger partial charge < -0.3 is 30.9 Å². The number of rotatable bonds is 13. The van der Waals surface area contributed by atoms with E-state index in [1.54, 1.807) is 13.3 Å². The Hall–Kier alpha value is -4.55. The van der Waals surface area contributed by atoms with Crippen LogP contribution in [0.1, 0.15) is 47.2 Å². The van der Waals surface area contributed by atoms with Crippen molar-refractivity contribution >= 4 is 40.9 Å². The van der Waals surface area contributed by atoms with E-state index in [0.29, 0.717) is 85.0 Å². The molecule has 3 aliphatic heterocycles. The predicted octanol–water partition coefficient (Wildman–Crippen LogP) is 4.99. The summed E-state index contributed by atoms with van der Waals surface area (Å²) >= 11 is 14.2. The second-order valence-electron chi connectivity index (χ2n) is 13.1. The van der Waals surface area contributed by atoms with Gasteiger partial charge in [0.25, 0.3) is 5.91 Å². The number of ether oxygens (including phenoxy) is 1. The fourth-order valence-electron chi connectivity index (χ4n) is 6.96. The van der Waals surface area contributed by atoms with Gasteiger partial charge >= 0.3 is 0 Å². The van der Waals surface area contributed by atoms with E-state index in [-0.39, 0.29) is 29.8 Å². The minimum atomic E-state index is -0.00229. The summed E-state index contributed by atoms with van der Waals surface area (Å²) in [5.74, 6) is 0.677. The number of carbonyl (C=O) groups is 3. The summed E-state index contributed by atoms with van der Waals surface area (Å²) in [6.45, 7) is 3.61. The third-order valence-electron chi connectivity index (χ3n) is 9.67. The van der Waals surface area contributed by atoms with Gasteiger partial charge in [0.2, 0.25) is 17.7 Å². The average Bonchev–Trinajstić information content (AvgIpc) is 3.84. The molecule has 0 unspecified atom stereocenters. The fraction of sp³-hybridized carbons (Fsp3) is 0.342. The molecule has 264 valence electrons. The Morgan fingerprint density at radius 1 is 0.863 bits per heavy atom. The van der Waals surface area contributed by atoms with Crippen LogP contribution in [-0.4, -0.2) is 78.0 Å². The van der Waals surface area contributed by atoms with Crippen molar-refractivity contribution in [1.82, 2.24) is 36.1 Å². The van der Waals surface area contributed by atoms with Crippen LogP contribution in [0, 0.1) is 0 Å². The van der Waals surface area contributed by atoms with Crippen molar-refractivity contribution in [3.05, 3.63) is 87.5 Å². The molecule has 2 saturated heterocycles. The maximum atomic E-state index is 13.2. The highest BCUT2D eigenvalue weighted by atomic mass is 35.5. The van der Waals surface area contributed by atoms with Gasteiger partial charge in [0.1, 0.15) is 0 Å². The number of nitrogens with zero attached hydrogens (tertiary/aromatic N) is 3. The molecule has 0 spiro atoms. The van der Waals surface area contributed by atoms with Crippen LogP contribution in [0.5, 0.6) is 5.88 Å². The molecule has 2 fully saturated rings. The molecule has 2 aromatic heterocycles.